The monoisotopic (exact) mass is 271 g/mol. The van der Waals surface area contributed by atoms with Crippen molar-refractivity contribution in [2.24, 2.45) is 11.7 Å². The molecule has 0 radical (unpaired) electrons. The lowest BCUT2D eigenvalue weighted by Crippen LogP contribution is -2.44. The van der Waals surface area contributed by atoms with Crippen LogP contribution in [0.3, 0.4) is 0 Å². The van der Waals surface area contributed by atoms with E-state index < -0.39 is 5.60 Å². The van der Waals surface area contributed by atoms with Crippen molar-refractivity contribution >= 4 is 6.09 Å². The zero-order chi connectivity index (χ0) is 14.5. The number of ether oxygens (including phenoxy) is 1. The van der Waals surface area contributed by atoms with Crippen molar-refractivity contribution in [1.29, 1.82) is 0 Å². The fourth-order valence-electron chi connectivity index (χ4n) is 2.49. The van der Waals surface area contributed by atoms with Gasteiger partial charge in [-0.3, -0.25) is 0 Å². The van der Waals surface area contributed by atoms with E-state index in [9.17, 15) is 4.79 Å². The molecule has 1 atom stereocenters. The second-order valence-electron chi connectivity index (χ2n) is 6.46. The maximum absolute atomic E-state index is 11.9. The number of carbonyl (C=O) groups is 1. The fraction of sp³-hybridized carbons (Fsp3) is 0.929. The Morgan fingerprint density at radius 3 is 2.74 bits per heavy atom. The lowest BCUT2D eigenvalue weighted by Gasteiger charge is -2.34. The lowest BCUT2D eigenvalue weighted by molar-refractivity contribution is 0.0244. The van der Waals surface area contributed by atoms with Gasteiger partial charge in [0.2, 0.25) is 0 Å². The summed E-state index contributed by atoms with van der Waals surface area (Å²) in [6.45, 7) is 10.2. The molecule has 0 spiro atoms. The van der Waals surface area contributed by atoms with Crippen LogP contribution in [0.1, 0.15) is 33.6 Å². The van der Waals surface area contributed by atoms with Crippen LogP contribution in [0.4, 0.5) is 4.79 Å². The summed E-state index contributed by atoms with van der Waals surface area (Å²) in [5, 5.41) is 0. The summed E-state index contributed by atoms with van der Waals surface area (Å²) in [5.74, 6) is 0.526. The van der Waals surface area contributed by atoms with Gasteiger partial charge in [0.15, 0.2) is 0 Å². The third kappa shape index (κ3) is 6.25. The number of amides is 1. The van der Waals surface area contributed by atoms with E-state index in [1.54, 1.807) is 4.90 Å². The molecule has 112 valence electrons. The molecule has 5 heteroatoms. The van der Waals surface area contributed by atoms with Crippen molar-refractivity contribution in [1.82, 2.24) is 9.80 Å². The Bertz CT molecular complexity index is 287. The first-order chi connectivity index (χ1) is 8.81. The molecule has 1 fully saturated rings. The minimum Gasteiger partial charge on any atom is -0.444 e. The molecule has 1 heterocycles. The van der Waals surface area contributed by atoms with E-state index in [0.717, 1.165) is 26.2 Å². The first kappa shape index (κ1) is 16.2. The Hall–Kier alpha value is -0.810. The number of hydrogen-bond acceptors (Lipinski definition) is 4. The second kappa shape index (κ2) is 7.10. The number of nitrogens with zero attached hydrogens (tertiary/aromatic N) is 2. The predicted molar refractivity (Wildman–Crippen MR) is 77.1 cm³/mol. The zero-order valence-electron chi connectivity index (χ0n) is 12.8. The van der Waals surface area contributed by atoms with E-state index in [1.807, 2.05) is 27.8 Å². The summed E-state index contributed by atoms with van der Waals surface area (Å²) in [6, 6.07) is 0. The molecule has 0 aromatic carbocycles. The van der Waals surface area contributed by atoms with Crippen LogP contribution in [0.25, 0.3) is 0 Å². The molecule has 2 N–H and O–H groups in total. The highest BCUT2D eigenvalue weighted by molar-refractivity contribution is 5.67. The summed E-state index contributed by atoms with van der Waals surface area (Å²) in [5.41, 5.74) is 5.17. The van der Waals surface area contributed by atoms with E-state index in [1.165, 1.54) is 12.8 Å². The van der Waals surface area contributed by atoms with Gasteiger partial charge in [-0.15, -0.1) is 0 Å². The van der Waals surface area contributed by atoms with Gasteiger partial charge < -0.3 is 20.3 Å². The standard InChI is InChI=1S/C14H29N3O2/c1-14(2,3)19-13(18)16(4)10-12-6-5-8-17(11-12)9-7-15/h12H,5-11,15H2,1-4H3. The van der Waals surface area contributed by atoms with Gasteiger partial charge in [0, 0.05) is 33.2 Å². The maximum Gasteiger partial charge on any atom is 0.410 e. The summed E-state index contributed by atoms with van der Waals surface area (Å²) in [6.07, 6.45) is 2.13. The second-order valence-corrected chi connectivity index (χ2v) is 6.46. The molecule has 0 bridgehead atoms. The summed E-state index contributed by atoms with van der Waals surface area (Å²) >= 11 is 0. The highest BCUT2D eigenvalue weighted by Crippen LogP contribution is 2.18. The highest BCUT2D eigenvalue weighted by atomic mass is 16.6. The molecule has 1 unspecified atom stereocenters. The van der Waals surface area contributed by atoms with Gasteiger partial charge in [-0.25, -0.2) is 4.79 Å². The van der Waals surface area contributed by atoms with E-state index in [0.29, 0.717) is 12.5 Å². The molecule has 19 heavy (non-hydrogen) atoms. The number of rotatable bonds is 4. The highest BCUT2D eigenvalue weighted by Gasteiger charge is 2.24. The van der Waals surface area contributed by atoms with E-state index in [2.05, 4.69) is 4.90 Å². The number of hydrogen-bond donors (Lipinski definition) is 1. The van der Waals surface area contributed by atoms with Gasteiger partial charge in [-0.05, 0) is 46.1 Å². The Labute approximate surface area is 117 Å². The molecule has 0 saturated carbocycles. The molecule has 0 aromatic heterocycles. The first-order valence-corrected chi connectivity index (χ1v) is 7.18. The maximum atomic E-state index is 11.9. The quantitative estimate of drug-likeness (QED) is 0.842. The third-order valence-electron chi connectivity index (χ3n) is 3.29. The van der Waals surface area contributed by atoms with Gasteiger partial charge in [0.05, 0.1) is 0 Å². The van der Waals surface area contributed by atoms with E-state index in [-0.39, 0.29) is 6.09 Å². The smallest absolute Gasteiger partial charge is 0.410 e. The number of nitrogens with two attached hydrogens (primary N) is 1. The third-order valence-corrected chi connectivity index (χ3v) is 3.29. The zero-order valence-corrected chi connectivity index (χ0v) is 12.8. The molecule has 1 saturated heterocycles. The van der Waals surface area contributed by atoms with Crippen molar-refractivity contribution in [3.8, 4) is 0 Å². The van der Waals surface area contributed by atoms with Gasteiger partial charge in [-0.2, -0.15) is 0 Å². The van der Waals surface area contributed by atoms with Gasteiger partial charge in [0.1, 0.15) is 5.60 Å². The largest absolute Gasteiger partial charge is 0.444 e. The molecule has 1 rings (SSSR count). The van der Waals surface area contributed by atoms with Crippen molar-refractivity contribution in [2.75, 3.05) is 39.8 Å². The molecular formula is C14H29N3O2. The average molecular weight is 271 g/mol. The summed E-state index contributed by atoms with van der Waals surface area (Å²) in [7, 11) is 1.82. The van der Waals surface area contributed by atoms with Crippen LogP contribution in [0, 0.1) is 5.92 Å². The Balaban J connectivity index is 2.39. The predicted octanol–water partition coefficient (Wildman–Crippen LogP) is 1.52. The van der Waals surface area contributed by atoms with Crippen LogP contribution in [-0.2, 0) is 4.74 Å². The SMILES string of the molecule is CN(CC1CCCN(CCN)C1)C(=O)OC(C)(C)C. The molecule has 0 aliphatic carbocycles. The average Bonchev–Trinajstić information content (AvgIpc) is 2.27. The van der Waals surface area contributed by atoms with Crippen LogP contribution < -0.4 is 5.73 Å². The lowest BCUT2D eigenvalue weighted by atomic mass is 9.97. The molecule has 1 aliphatic rings. The molecule has 0 aromatic rings. The minimum absolute atomic E-state index is 0.233. The number of likely N-dealkylation sites (tertiary alicyclic amines) is 1. The van der Waals surface area contributed by atoms with Crippen LogP contribution in [0.15, 0.2) is 0 Å². The van der Waals surface area contributed by atoms with E-state index >= 15 is 0 Å². The topological polar surface area (TPSA) is 58.8 Å². The van der Waals surface area contributed by atoms with Gasteiger partial charge in [0.25, 0.3) is 0 Å². The van der Waals surface area contributed by atoms with Gasteiger partial charge >= 0.3 is 6.09 Å². The van der Waals surface area contributed by atoms with E-state index in [4.69, 9.17) is 10.5 Å². The summed E-state index contributed by atoms with van der Waals surface area (Å²) < 4.78 is 5.37. The van der Waals surface area contributed by atoms with Crippen molar-refractivity contribution in [2.45, 2.75) is 39.2 Å². The molecule has 1 amide bonds. The molecular weight excluding hydrogens is 242 g/mol. The number of carbonyl (C=O) groups excluding carboxylic acids is 1. The Morgan fingerprint density at radius 2 is 2.16 bits per heavy atom. The fourth-order valence-corrected chi connectivity index (χ4v) is 2.49. The molecule has 5 nitrogen and oxygen atoms in total. The van der Waals surface area contributed by atoms with Crippen LogP contribution in [0.5, 0.6) is 0 Å². The van der Waals surface area contributed by atoms with Crippen molar-refractivity contribution in [3.63, 3.8) is 0 Å². The summed E-state index contributed by atoms with van der Waals surface area (Å²) in [4.78, 5) is 16.0. The number of piperidine rings is 1. The minimum atomic E-state index is -0.427. The Morgan fingerprint density at radius 1 is 1.47 bits per heavy atom. The van der Waals surface area contributed by atoms with Gasteiger partial charge in [-0.1, -0.05) is 0 Å². The normalized spacial score (nSPS) is 21.2. The van der Waals surface area contributed by atoms with Crippen molar-refractivity contribution in [3.05, 3.63) is 0 Å². The molecule has 1 aliphatic heterocycles. The van der Waals surface area contributed by atoms with Crippen LogP contribution in [-0.4, -0.2) is 61.3 Å². The first-order valence-electron chi connectivity index (χ1n) is 7.18. The van der Waals surface area contributed by atoms with Crippen LogP contribution in [0.2, 0.25) is 0 Å². The Kier molecular flexibility index (Phi) is 6.07. The van der Waals surface area contributed by atoms with Crippen molar-refractivity contribution < 1.29 is 9.53 Å². The van der Waals surface area contributed by atoms with Crippen LogP contribution >= 0.6 is 0 Å².